The Labute approximate surface area is 188 Å². The summed E-state index contributed by atoms with van der Waals surface area (Å²) in [6, 6.07) is 9.39. The first-order chi connectivity index (χ1) is 15.7. The molecule has 0 aliphatic rings. The molecular formula is C24H21F3N2O4. The van der Waals surface area contributed by atoms with Crippen molar-refractivity contribution in [1.82, 2.24) is 10.5 Å². The Hall–Kier alpha value is -3.93. The summed E-state index contributed by atoms with van der Waals surface area (Å²) in [6.45, 7) is 3.80. The van der Waals surface area contributed by atoms with Gasteiger partial charge in [-0.1, -0.05) is 23.1 Å². The summed E-state index contributed by atoms with van der Waals surface area (Å²) in [5.41, 5.74) is 1.31. The van der Waals surface area contributed by atoms with Gasteiger partial charge in [0.1, 0.15) is 12.4 Å². The van der Waals surface area contributed by atoms with Gasteiger partial charge in [0, 0.05) is 11.1 Å². The quantitative estimate of drug-likeness (QED) is 0.543. The van der Waals surface area contributed by atoms with E-state index in [1.807, 2.05) is 6.92 Å². The molecule has 33 heavy (non-hydrogen) atoms. The number of amides is 1. The smallest absolute Gasteiger partial charge is 0.416 e. The number of halogens is 3. The normalized spacial score (nSPS) is 10.8. The van der Waals surface area contributed by atoms with E-state index in [0.29, 0.717) is 22.8 Å². The van der Waals surface area contributed by atoms with Crippen LogP contribution in [-0.2, 0) is 12.8 Å². The van der Waals surface area contributed by atoms with E-state index in [1.165, 1.54) is 25.3 Å². The van der Waals surface area contributed by atoms with E-state index >= 15 is 0 Å². The highest BCUT2D eigenvalue weighted by atomic mass is 19.4. The van der Waals surface area contributed by atoms with Crippen molar-refractivity contribution >= 4 is 5.91 Å². The van der Waals surface area contributed by atoms with Crippen LogP contribution in [0, 0.1) is 25.7 Å². The zero-order valence-corrected chi connectivity index (χ0v) is 18.2. The molecule has 0 fully saturated rings. The molecule has 0 bridgehead atoms. The molecule has 0 aliphatic carbocycles. The number of rotatable bonds is 6. The lowest BCUT2D eigenvalue weighted by molar-refractivity contribution is -0.137. The van der Waals surface area contributed by atoms with Crippen molar-refractivity contribution in [1.29, 1.82) is 0 Å². The van der Waals surface area contributed by atoms with Crippen molar-refractivity contribution in [2.24, 2.45) is 0 Å². The topological polar surface area (TPSA) is 73.6 Å². The second-order valence-electron chi connectivity index (χ2n) is 7.02. The number of hydrogen-bond donors (Lipinski definition) is 1. The Kier molecular flexibility index (Phi) is 7.28. The highest BCUT2D eigenvalue weighted by Gasteiger charge is 2.30. The zero-order valence-electron chi connectivity index (χ0n) is 18.2. The summed E-state index contributed by atoms with van der Waals surface area (Å²) >= 11 is 0. The van der Waals surface area contributed by atoms with Crippen molar-refractivity contribution < 1.29 is 32.0 Å². The molecule has 3 aromatic rings. The van der Waals surface area contributed by atoms with Crippen molar-refractivity contribution in [3.63, 3.8) is 0 Å². The van der Waals surface area contributed by atoms with E-state index in [9.17, 15) is 18.0 Å². The third kappa shape index (κ3) is 6.07. The average Bonchev–Trinajstić information content (AvgIpc) is 3.11. The number of hydrogen-bond acceptors (Lipinski definition) is 5. The molecule has 0 atom stereocenters. The Morgan fingerprint density at radius 2 is 1.94 bits per heavy atom. The standard InChI is InChI=1S/C24H21F3N2O4/c1-15-20(16(2)33-29-15)14-32-21-10-9-18(13-22(21)31-3)23(30)28-11-5-7-17-6-4-8-19(12-17)24(25,26)27/h4,6,8-10,12-13H,11,14H2,1-3H3,(H,28,30). The minimum absolute atomic E-state index is 0.0400. The first-order valence-electron chi connectivity index (χ1n) is 9.86. The van der Waals surface area contributed by atoms with Gasteiger partial charge in [-0.15, -0.1) is 0 Å². The summed E-state index contributed by atoms with van der Waals surface area (Å²) in [6.07, 6.45) is -4.44. The fourth-order valence-electron chi connectivity index (χ4n) is 2.93. The molecule has 0 saturated heterocycles. The third-order valence-corrected chi connectivity index (χ3v) is 4.74. The lowest BCUT2D eigenvalue weighted by Gasteiger charge is -2.12. The van der Waals surface area contributed by atoms with Crippen LogP contribution in [-0.4, -0.2) is 24.7 Å². The molecule has 3 rings (SSSR count). The molecule has 0 radical (unpaired) electrons. The second-order valence-corrected chi connectivity index (χ2v) is 7.02. The van der Waals surface area contributed by atoms with Crippen LogP contribution in [0.2, 0.25) is 0 Å². The Morgan fingerprint density at radius 3 is 2.61 bits per heavy atom. The Bertz CT molecular complexity index is 1190. The lowest BCUT2D eigenvalue weighted by atomic mass is 10.1. The monoisotopic (exact) mass is 458 g/mol. The van der Waals surface area contributed by atoms with Crippen LogP contribution >= 0.6 is 0 Å². The fraction of sp³-hybridized carbons (Fsp3) is 0.250. The summed E-state index contributed by atoms with van der Waals surface area (Å²) in [4.78, 5) is 12.4. The maximum absolute atomic E-state index is 12.8. The number of alkyl halides is 3. The lowest BCUT2D eigenvalue weighted by Crippen LogP contribution is -2.23. The molecule has 1 N–H and O–H groups in total. The van der Waals surface area contributed by atoms with Gasteiger partial charge in [0.25, 0.3) is 5.91 Å². The van der Waals surface area contributed by atoms with Crippen molar-refractivity contribution in [3.05, 3.63) is 76.2 Å². The molecule has 1 aromatic heterocycles. The minimum Gasteiger partial charge on any atom is -0.493 e. The van der Waals surface area contributed by atoms with Crippen LogP contribution in [0.1, 0.15) is 38.5 Å². The van der Waals surface area contributed by atoms with E-state index < -0.39 is 17.6 Å². The van der Waals surface area contributed by atoms with Gasteiger partial charge < -0.3 is 19.3 Å². The van der Waals surface area contributed by atoms with E-state index in [4.69, 9.17) is 14.0 Å². The number of benzene rings is 2. The highest BCUT2D eigenvalue weighted by Crippen LogP contribution is 2.30. The van der Waals surface area contributed by atoms with E-state index in [-0.39, 0.29) is 18.7 Å². The number of nitrogens with zero attached hydrogens (tertiary/aromatic N) is 1. The van der Waals surface area contributed by atoms with Crippen LogP contribution < -0.4 is 14.8 Å². The van der Waals surface area contributed by atoms with Gasteiger partial charge in [-0.2, -0.15) is 13.2 Å². The number of ether oxygens (including phenoxy) is 2. The predicted octanol–water partition coefficient (Wildman–Crippen LogP) is 4.68. The van der Waals surface area contributed by atoms with Gasteiger partial charge in [-0.25, -0.2) is 0 Å². The van der Waals surface area contributed by atoms with E-state index in [0.717, 1.165) is 23.4 Å². The Balaban J connectivity index is 1.61. The number of carbonyl (C=O) groups excluding carboxylic acids is 1. The van der Waals surface area contributed by atoms with Gasteiger partial charge in [-0.05, 0) is 50.2 Å². The van der Waals surface area contributed by atoms with Crippen molar-refractivity contribution in [2.75, 3.05) is 13.7 Å². The number of aromatic nitrogens is 1. The predicted molar refractivity (Wildman–Crippen MR) is 114 cm³/mol. The number of nitrogens with one attached hydrogen (secondary N) is 1. The molecule has 0 spiro atoms. The number of aryl methyl sites for hydroxylation is 2. The number of carbonyl (C=O) groups is 1. The molecule has 9 heteroatoms. The second kappa shape index (κ2) is 10.1. The van der Waals surface area contributed by atoms with Gasteiger partial charge >= 0.3 is 6.18 Å². The summed E-state index contributed by atoms with van der Waals surface area (Å²) in [5.74, 6) is 6.32. The van der Waals surface area contributed by atoms with Gasteiger partial charge in [0.15, 0.2) is 11.5 Å². The molecule has 2 aromatic carbocycles. The summed E-state index contributed by atoms with van der Waals surface area (Å²) in [7, 11) is 1.46. The minimum atomic E-state index is -4.44. The van der Waals surface area contributed by atoms with E-state index in [1.54, 1.807) is 19.1 Å². The van der Waals surface area contributed by atoms with Gasteiger partial charge in [-0.3, -0.25) is 4.79 Å². The van der Waals surface area contributed by atoms with E-state index in [2.05, 4.69) is 22.3 Å². The molecule has 6 nitrogen and oxygen atoms in total. The first kappa shape index (κ1) is 23.7. The average molecular weight is 458 g/mol. The van der Waals surface area contributed by atoms with Gasteiger partial charge in [0.2, 0.25) is 0 Å². The Morgan fingerprint density at radius 1 is 1.15 bits per heavy atom. The summed E-state index contributed by atoms with van der Waals surface area (Å²) in [5, 5.41) is 6.48. The molecule has 1 amide bonds. The molecule has 0 aliphatic heterocycles. The first-order valence-corrected chi connectivity index (χ1v) is 9.86. The van der Waals surface area contributed by atoms with Crippen LogP contribution in [0.15, 0.2) is 47.0 Å². The third-order valence-electron chi connectivity index (χ3n) is 4.74. The van der Waals surface area contributed by atoms with Crippen LogP contribution in [0.3, 0.4) is 0 Å². The number of methoxy groups -OCH3 is 1. The van der Waals surface area contributed by atoms with Crippen LogP contribution in [0.25, 0.3) is 0 Å². The summed E-state index contributed by atoms with van der Waals surface area (Å²) < 4.78 is 54.5. The molecular weight excluding hydrogens is 437 g/mol. The fourth-order valence-corrected chi connectivity index (χ4v) is 2.93. The zero-order chi connectivity index (χ0) is 24.0. The SMILES string of the molecule is COc1cc(C(=O)NCC#Cc2cccc(C(F)(F)F)c2)ccc1OCc1c(C)noc1C. The molecule has 1 heterocycles. The van der Waals surface area contributed by atoms with Crippen molar-refractivity contribution in [3.8, 4) is 23.3 Å². The maximum Gasteiger partial charge on any atom is 0.416 e. The molecule has 172 valence electrons. The highest BCUT2D eigenvalue weighted by molar-refractivity contribution is 5.95. The van der Waals surface area contributed by atoms with Crippen LogP contribution in [0.4, 0.5) is 13.2 Å². The largest absolute Gasteiger partial charge is 0.493 e. The van der Waals surface area contributed by atoms with Gasteiger partial charge in [0.05, 0.1) is 30.5 Å². The maximum atomic E-state index is 12.8. The molecule has 0 saturated carbocycles. The van der Waals surface area contributed by atoms with Crippen LogP contribution in [0.5, 0.6) is 11.5 Å². The molecule has 0 unspecified atom stereocenters. The van der Waals surface area contributed by atoms with Crippen molar-refractivity contribution in [2.45, 2.75) is 26.6 Å².